The van der Waals surface area contributed by atoms with E-state index in [1.807, 2.05) is 19.1 Å². The molecule has 1 aromatic carbocycles. The second-order valence-electron chi connectivity index (χ2n) is 4.20. The van der Waals surface area contributed by atoms with Crippen molar-refractivity contribution < 1.29 is 19.4 Å². The molecule has 0 bridgehead atoms. The number of carboxylic acid groups (broad SMARTS) is 1. The molecule has 0 radical (unpaired) electrons. The first-order chi connectivity index (χ1) is 8.47. The summed E-state index contributed by atoms with van der Waals surface area (Å²) < 4.78 is 10.5. The summed E-state index contributed by atoms with van der Waals surface area (Å²) in [4.78, 5) is 10.6. The Kier molecular flexibility index (Phi) is 4.97. The average molecular weight is 253 g/mol. The molecule has 0 saturated carbocycles. The first-order valence-corrected chi connectivity index (χ1v) is 5.66. The number of carbonyl (C=O) groups is 1. The topological polar surface area (TPSA) is 81.8 Å². The van der Waals surface area contributed by atoms with Crippen molar-refractivity contribution in [2.24, 2.45) is 5.73 Å². The third kappa shape index (κ3) is 3.63. The van der Waals surface area contributed by atoms with Crippen molar-refractivity contribution in [2.45, 2.75) is 25.8 Å². The summed E-state index contributed by atoms with van der Waals surface area (Å²) in [5.41, 5.74) is 7.60. The minimum atomic E-state index is -0.902. The SMILES string of the molecule is COc1cc(CC(N)CC(=O)O)c(OC)cc1C. The number of benzene rings is 1. The summed E-state index contributed by atoms with van der Waals surface area (Å²) in [6, 6.07) is 3.26. The minimum absolute atomic E-state index is 0.0701. The molecule has 5 nitrogen and oxygen atoms in total. The lowest BCUT2D eigenvalue weighted by Crippen LogP contribution is -2.26. The fourth-order valence-electron chi connectivity index (χ4n) is 1.85. The quantitative estimate of drug-likeness (QED) is 0.800. The van der Waals surface area contributed by atoms with Crippen LogP contribution in [0.15, 0.2) is 12.1 Å². The molecule has 5 heteroatoms. The second-order valence-corrected chi connectivity index (χ2v) is 4.20. The minimum Gasteiger partial charge on any atom is -0.496 e. The van der Waals surface area contributed by atoms with Crippen LogP contribution in [-0.2, 0) is 11.2 Å². The largest absolute Gasteiger partial charge is 0.496 e. The average Bonchev–Trinajstić information content (AvgIpc) is 2.29. The molecule has 100 valence electrons. The Balaban J connectivity index is 2.95. The van der Waals surface area contributed by atoms with Crippen molar-refractivity contribution in [3.05, 3.63) is 23.3 Å². The first kappa shape index (κ1) is 14.3. The van der Waals surface area contributed by atoms with Gasteiger partial charge in [-0.15, -0.1) is 0 Å². The van der Waals surface area contributed by atoms with Crippen LogP contribution in [0.2, 0.25) is 0 Å². The van der Waals surface area contributed by atoms with Gasteiger partial charge in [0.1, 0.15) is 11.5 Å². The molecule has 0 amide bonds. The fourth-order valence-corrected chi connectivity index (χ4v) is 1.85. The van der Waals surface area contributed by atoms with Gasteiger partial charge in [-0.1, -0.05) is 0 Å². The summed E-state index contributed by atoms with van der Waals surface area (Å²) in [6.07, 6.45) is 0.367. The van der Waals surface area contributed by atoms with Gasteiger partial charge in [-0.2, -0.15) is 0 Å². The van der Waals surface area contributed by atoms with E-state index >= 15 is 0 Å². The maximum atomic E-state index is 10.6. The molecule has 1 rings (SSSR count). The third-order valence-electron chi connectivity index (χ3n) is 2.72. The lowest BCUT2D eigenvalue weighted by atomic mass is 10.0. The third-order valence-corrected chi connectivity index (χ3v) is 2.72. The van der Waals surface area contributed by atoms with Gasteiger partial charge in [0.2, 0.25) is 0 Å². The molecule has 0 aromatic heterocycles. The van der Waals surface area contributed by atoms with E-state index in [2.05, 4.69) is 0 Å². The van der Waals surface area contributed by atoms with Crippen LogP contribution in [-0.4, -0.2) is 31.3 Å². The molecular formula is C13H19NO4. The lowest BCUT2D eigenvalue weighted by Gasteiger charge is -2.15. The van der Waals surface area contributed by atoms with Gasteiger partial charge in [0.15, 0.2) is 0 Å². The van der Waals surface area contributed by atoms with Gasteiger partial charge in [0.25, 0.3) is 0 Å². The highest BCUT2D eigenvalue weighted by molar-refractivity contribution is 5.67. The molecule has 0 saturated heterocycles. The van der Waals surface area contributed by atoms with E-state index in [1.54, 1.807) is 14.2 Å². The van der Waals surface area contributed by atoms with Gasteiger partial charge < -0.3 is 20.3 Å². The zero-order valence-electron chi connectivity index (χ0n) is 10.9. The van der Waals surface area contributed by atoms with Crippen LogP contribution in [0.4, 0.5) is 0 Å². The van der Waals surface area contributed by atoms with E-state index < -0.39 is 12.0 Å². The molecule has 1 aromatic rings. The first-order valence-electron chi connectivity index (χ1n) is 5.66. The van der Waals surface area contributed by atoms with Gasteiger partial charge in [-0.05, 0) is 36.6 Å². The van der Waals surface area contributed by atoms with Crippen LogP contribution in [0.1, 0.15) is 17.5 Å². The Labute approximate surface area is 107 Å². The number of methoxy groups -OCH3 is 2. The van der Waals surface area contributed by atoms with Crippen LogP contribution in [0.5, 0.6) is 11.5 Å². The highest BCUT2D eigenvalue weighted by Gasteiger charge is 2.14. The number of aryl methyl sites for hydroxylation is 1. The maximum absolute atomic E-state index is 10.6. The summed E-state index contributed by atoms with van der Waals surface area (Å²) in [7, 11) is 3.17. The summed E-state index contributed by atoms with van der Waals surface area (Å²) in [6.45, 7) is 1.92. The van der Waals surface area contributed by atoms with Gasteiger partial charge in [-0.3, -0.25) is 4.79 Å². The molecule has 0 spiro atoms. The Bertz CT molecular complexity index is 431. The standard InChI is InChI=1S/C13H19NO4/c1-8-4-12(18-3)9(6-11(8)17-2)5-10(14)7-13(15)16/h4,6,10H,5,7,14H2,1-3H3,(H,15,16). The Morgan fingerprint density at radius 3 is 2.44 bits per heavy atom. The predicted octanol–water partition coefficient (Wildman–Crippen LogP) is 1.36. The number of hydrogen-bond acceptors (Lipinski definition) is 4. The van der Waals surface area contributed by atoms with Crippen molar-refractivity contribution >= 4 is 5.97 Å². The number of rotatable bonds is 6. The molecular weight excluding hydrogens is 234 g/mol. The van der Waals surface area contributed by atoms with Crippen LogP contribution in [0.25, 0.3) is 0 Å². The van der Waals surface area contributed by atoms with Crippen molar-refractivity contribution in [3.63, 3.8) is 0 Å². The van der Waals surface area contributed by atoms with Crippen LogP contribution >= 0.6 is 0 Å². The molecule has 3 N–H and O–H groups in total. The zero-order chi connectivity index (χ0) is 13.7. The molecule has 0 aliphatic rings. The molecule has 0 aliphatic heterocycles. The predicted molar refractivity (Wildman–Crippen MR) is 68.2 cm³/mol. The summed E-state index contributed by atoms with van der Waals surface area (Å²) in [5, 5.41) is 8.70. The summed E-state index contributed by atoms with van der Waals surface area (Å²) >= 11 is 0. The Morgan fingerprint density at radius 1 is 1.33 bits per heavy atom. The van der Waals surface area contributed by atoms with E-state index in [-0.39, 0.29) is 6.42 Å². The smallest absolute Gasteiger partial charge is 0.304 e. The van der Waals surface area contributed by atoms with Crippen LogP contribution in [0.3, 0.4) is 0 Å². The van der Waals surface area contributed by atoms with Gasteiger partial charge in [0.05, 0.1) is 20.6 Å². The van der Waals surface area contributed by atoms with Crippen molar-refractivity contribution in [2.75, 3.05) is 14.2 Å². The highest BCUT2D eigenvalue weighted by Crippen LogP contribution is 2.29. The zero-order valence-corrected chi connectivity index (χ0v) is 10.9. The van der Waals surface area contributed by atoms with Crippen LogP contribution in [0, 0.1) is 6.92 Å². The lowest BCUT2D eigenvalue weighted by molar-refractivity contribution is -0.137. The Morgan fingerprint density at radius 2 is 1.94 bits per heavy atom. The monoisotopic (exact) mass is 253 g/mol. The number of carboxylic acids is 1. The van der Waals surface area contributed by atoms with Crippen molar-refractivity contribution in [1.29, 1.82) is 0 Å². The summed E-state index contributed by atoms with van der Waals surface area (Å²) in [5.74, 6) is 0.544. The van der Waals surface area contributed by atoms with Crippen molar-refractivity contribution in [3.8, 4) is 11.5 Å². The van der Waals surface area contributed by atoms with E-state index in [4.69, 9.17) is 20.3 Å². The van der Waals surface area contributed by atoms with Gasteiger partial charge in [-0.25, -0.2) is 0 Å². The Hall–Kier alpha value is -1.75. The van der Waals surface area contributed by atoms with Gasteiger partial charge in [0, 0.05) is 6.04 Å². The molecule has 0 heterocycles. The molecule has 1 unspecified atom stereocenters. The molecule has 0 aliphatic carbocycles. The van der Waals surface area contributed by atoms with Crippen molar-refractivity contribution in [1.82, 2.24) is 0 Å². The van der Waals surface area contributed by atoms with E-state index in [0.717, 1.165) is 16.9 Å². The molecule has 0 fully saturated rings. The molecule has 18 heavy (non-hydrogen) atoms. The fraction of sp³-hybridized carbons (Fsp3) is 0.462. The van der Waals surface area contributed by atoms with E-state index in [9.17, 15) is 4.79 Å². The van der Waals surface area contributed by atoms with E-state index in [0.29, 0.717) is 12.2 Å². The second kappa shape index (κ2) is 6.26. The van der Waals surface area contributed by atoms with Crippen LogP contribution < -0.4 is 15.2 Å². The normalized spacial score (nSPS) is 12.0. The highest BCUT2D eigenvalue weighted by atomic mass is 16.5. The number of aliphatic carboxylic acids is 1. The maximum Gasteiger partial charge on any atom is 0.304 e. The number of ether oxygens (including phenoxy) is 2. The number of hydrogen-bond donors (Lipinski definition) is 2. The van der Waals surface area contributed by atoms with Gasteiger partial charge >= 0.3 is 5.97 Å². The molecule has 1 atom stereocenters. The van der Waals surface area contributed by atoms with E-state index in [1.165, 1.54) is 0 Å². The number of nitrogens with two attached hydrogens (primary N) is 1.